The summed E-state index contributed by atoms with van der Waals surface area (Å²) in [6.07, 6.45) is 3.71. The quantitative estimate of drug-likeness (QED) is 0.571. The largest absolute Gasteiger partial charge is 0.314 e. The van der Waals surface area contributed by atoms with Crippen LogP contribution in [0.25, 0.3) is 10.2 Å². The van der Waals surface area contributed by atoms with Crippen LogP contribution in [0.15, 0.2) is 28.6 Å². The fraction of sp³-hybridized carbons (Fsp3) is 0.533. The minimum absolute atomic E-state index is 0.635. The van der Waals surface area contributed by atoms with E-state index in [0.29, 0.717) is 6.04 Å². The van der Waals surface area contributed by atoms with Crippen LogP contribution in [-0.4, -0.2) is 23.3 Å². The van der Waals surface area contributed by atoms with Crippen LogP contribution in [0.2, 0.25) is 0 Å². The van der Waals surface area contributed by atoms with Crippen molar-refractivity contribution in [2.75, 3.05) is 12.3 Å². The average Bonchev–Trinajstić information content (AvgIpc) is 2.84. The highest BCUT2D eigenvalue weighted by molar-refractivity contribution is 8.01. The molecule has 19 heavy (non-hydrogen) atoms. The predicted molar refractivity (Wildman–Crippen MR) is 87.3 cm³/mol. The fourth-order valence-electron chi connectivity index (χ4n) is 1.95. The van der Waals surface area contributed by atoms with Gasteiger partial charge in [-0.15, -0.1) is 11.3 Å². The Morgan fingerprint density at radius 2 is 2.21 bits per heavy atom. The highest BCUT2D eigenvalue weighted by atomic mass is 32.2. The predicted octanol–water partition coefficient (Wildman–Crippen LogP) is 4.56. The number of hydrogen-bond donors (Lipinski definition) is 1. The van der Waals surface area contributed by atoms with Crippen LogP contribution in [0.5, 0.6) is 0 Å². The number of rotatable bonds is 8. The maximum absolute atomic E-state index is 4.64. The molecule has 1 unspecified atom stereocenters. The molecule has 0 aliphatic heterocycles. The Bertz CT molecular complexity index is 463. The first-order valence-corrected chi connectivity index (χ1v) is 8.81. The summed E-state index contributed by atoms with van der Waals surface area (Å²) in [7, 11) is 0. The van der Waals surface area contributed by atoms with Crippen molar-refractivity contribution in [3.63, 3.8) is 0 Å². The van der Waals surface area contributed by atoms with Crippen molar-refractivity contribution >= 4 is 33.3 Å². The summed E-state index contributed by atoms with van der Waals surface area (Å²) in [6.45, 7) is 5.62. The zero-order valence-electron chi connectivity index (χ0n) is 11.7. The van der Waals surface area contributed by atoms with Gasteiger partial charge in [-0.3, -0.25) is 0 Å². The van der Waals surface area contributed by atoms with E-state index in [1.807, 2.05) is 11.8 Å². The second-order valence-electron chi connectivity index (χ2n) is 4.79. The lowest BCUT2D eigenvalue weighted by Crippen LogP contribution is -2.26. The van der Waals surface area contributed by atoms with Gasteiger partial charge in [-0.05, 0) is 44.9 Å². The van der Waals surface area contributed by atoms with Crippen LogP contribution in [0.3, 0.4) is 0 Å². The molecular formula is C15H22N2S2. The van der Waals surface area contributed by atoms with Gasteiger partial charge in [0.1, 0.15) is 0 Å². The molecular weight excluding hydrogens is 272 g/mol. The lowest BCUT2D eigenvalue weighted by atomic mass is 10.2. The van der Waals surface area contributed by atoms with Crippen LogP contribution >= 0.6 is 23.1 Å². The average molecular weight is 294 g/mol. The van der Waals surface area contributed by atoms with Gasteiger partial charge in [-0.25, -0.2) is 4.98 Å². The molecule has 2 nitrogen and oxygen atoms in total. The summed E-state index contributed by atoms with van der Waals surface area (Å²) in [4.78, 5) is 4.64. The molecule has 0 bridgehead atoms. The number of benzene rings is 1. The lowest BCUT2D eigenvalue weighted by Gasteiger charge is -2.12. The first-order valence-electron chi connectivity index (χ1n) is 7.01. The summed E-state index contributed by atoms with van der Waals surface area (Å²) in [5.41, 5.74) is 1.13. The van der Waals surface area contributed by atoms with Crippen molar-refractivity contribution in [2.24, 2.45) is 0 Å². The van der Waals surface area contributed by atoms with Gasteiger partial charge in [0, 0.05) is 11.8 Å². The Hall–Kier alpha value is -0.580. The van der Waals surface area contributed by atoms with Gasteiger partial charge in [-0.2, -0.15) is 0 Å². The molecule has 1 N–H and O–H groups in total. The van der Waals surface area contributed by atoms with E-state index in [4.69, 9.17) is 0 Å². The molecule has 1 heterocycles. The Labute approximate surface area is 124 Å². The SMILES string of the molecule is CCCNC(C)CCCSc1nc2ccccc2s1. The highest BCUT2D eigenvalue weighted by Gasteiger charge is 2.04. The van der Waals surface area contributed by atoms with Crippen LogP contribution in [-0.2, 0) is 0 Å². The Morgan fingerprint density at radius 3 is 3.00 bits per heavy atom. The molecule has 2 aromatic rings. The molecule has 0 spiro atoms. The Morgan fingerprint density at radius 1 is 1.37 bits per heavy atom. The van der Waals surface area contributed by atoms with Gasteiger partial charge in [0.2, 0.25) is 0 Å². The number of thiazole rings is 1. The van der Waals surface area contributed by atoms with E-state index in [-0.39, 0.29) is 0 Å². The number of nitrogens with zero attached hydrogens (tertiary/aromatic N) is 1. The van der Waals surface area contributed by atoms with Gasteiger partial charge in [0.25, 0.3) is 0 Å². The summed E-state index contributed by atoms with van der Waals surface area (Å²) < 4.78 is 2.50. The van der Waals surface area contributed by atoms with Gasteiger partial charge in [0.15, 0.2) is 4.34 Å². The zero-order valence-corrected chi connectivity index (χ0v) is 13.3. The lowest BCUT2D eigenvalue weighted by molar-refractivity contribution is 0.510. The normalized spacial score (nSPS) is 12.9. The van der Waals surface area contributed by atoms with Crippen LogP contribution < -0.4 is 5.32 Å². The van der Waals surface area contributed by atoms with Gasteiger partial charge >= 0.3 is 0 Å². The number of fused-ring (bicyclic) bond motifs is 1. The minimum atomic E-state index is 0.635. The van der Waals surface area contributed by atoms with Crippen molar-refractivity contribution in [1.29, 1.82) is 0 Å². The number of thioether (sulfide) groups is 1. The third kappa shape index (κ3) is 4.79. The third-order valence-electron chi connectivity index (χ3n) is 3.02. The zero-order chi connectivity index (χ0) is 13.5. The molecule has 0 saturated carbocycles. The van der Waals surface area contributed by atoms with E-state index < -0.39 is 0 Å². The highest BCUT2D eigenvalue weighted by Crippen LogP contribution is 2.29. The van der Waals surface area contributed by atoms with Gasteiger partial charge < -0.3 is 5.32 Å². The maximum Gasteiger partial charge on any atom is 0.151 e. The number of nitrogens with one attached hydrogen (secondary N) is 1. The van der Waals surface area contributed by atoms with E-state index in [9.17, 15) is 0 Å². The van der Waals surface area contributed by atoms with E-state index in [1.165, 1.54) is 28.3 Å². The number of para-hydroxylation sites is 1. The van der Waals surface area contributed by atoms with Gasteiger partial charge in [-0.1, -0.05) is 30.8 Å². The molecule has 2 rings (SSSR count). The summed E-state index contributed by atoms with van der Waals surface area (Å²) in [5.74, 6) is 1.16. The van der Waals surface area contributed by atoms with E-state index in [2.05, 4.69) is 48.4 Å². The third-order valence-corrected chi connectivity index (χ3v) is 5.29. The summed E-state index contributed by atoms with van der Waals surface area (Å²) >= 11 is 3.70. The maximum atomic E-state index is 4.64. The van der Waals surface area contributed by atoms with E-state index in [0.717, 1.165) is 17.8 Å². The molecule has 104 valence electrons. The Balaban J connectivity index is 1.70. The molecule has 0 aliphatic carbocycles. The van der Waals surface area contributed by atoms with Crippen LogP contribution in [0.4, 0.5) is 0 Å². The first kappa shape index (κ1) is 14.8. The number of aromatic nitrogens is 1. The van der Waals surface area contributed by atoms with Crippen molar-refractivity contribution in [3.05, 3.63) is 24.3 Å². The fourth-order valence-corrected chi connectivity index (χ4v) is 4.06. The topological polar surface area (TPSA) is 24.9 Å². The molecule has 0 radical (unpaired) electrons. The van der Waals surface area contributed by atoms with E-state index in [1.54, 1.807) is 11.3 Å². The number of hydrogen-bond acceptors (Lipinski definition) is 4. The monoisotopic (exact) mass is 294 g/mol. The molecule has 0 aliphatic rings. The van der Waals surface area contributed by atoms with Crippen LogP contribution in [0, 0.1) is 0 Å². The van der Waals surface area contributed by atoms with Crippen molar-refractivity contribution in [3.8, 4) is 0 Å². The standard InChI is InChI=1S/C15H22N2S2/c1-3-10-16-12(2)7-6-11-18-15-17-13-8-4-5-9-14(13)19-15/h4-5,8-9,12,16H,3,6-7,10-11H2,1-2H3. The van der Waals surface area contributed by atoms with Crippen molar-refractivity contribution < 1.29 is 0 Å². The second kappa shape index (κ2) is 7.88. The molecule has 0 saturated heterocycles. The Kier molecular flexibility index (Phi) is 6.14. The molecule has 1 aromatic heterocycles. The summed E-state index contributed by atoms with van der Waals surface area (Å²) in [6, 6.07) is 9.00. The van der Waals surface area contributed by atoms with Crippen molar-refractivity contribution in [2.45, 2.75) is 43.5 Å². The minimum Gasteiger partial charge on any atom is -0.314 e. The first-order chi connectivity index (χ1) is 9.29. The summed E-state index contributed by atoms with van der Waals surface area (Å²) in [5, 5.41) is 3.53. The smallest absolute Gasteiger partial charge is 0.151 e. The molecule has 0 amide bonds. The molecule has 1 atom stereocenters. The van der Waals surface area contributed by atoms with E-state index >= 15 is 0 Å². The molecule has 4 heteroatoms. The molecule has 0 fully saturated rings. The molecule has 1 aromatic carbocycles. The van der Waals surface area contributed by atoms with Crippen LogP contribution in [0.1, 0.15) is 33.1 Å². The van der Waals surface area contributed by atoms with Crippen molar-refractivity contribution in [1.82, 2.24) is 10.3 Å². The second-order valence-corrected chi connectivity index (χ2v) is 7.17. The van der Waals surface area contributed by atoms with Gasteiger partial charge in [0.05, 0.1) is 10.2 Å².